The summed E-state index contributed by atoms with van der Waals surface area (Å²) < 4.78 is 0.944. The van der Waals surface area contributed by atoms with Crippen LogP contribution in [0.25, 0.3) is 5.57 Å². The molecule has 96 valence electrons. The molecule has 0 atom stereocenters. The highest BCUT2D eigenvalue weighted by Gasteiger charge is 2.36. The molecule has 0 fully saturated rings. The van der Waals surface area contributed by atoms with Crippen molar-refractivity contribution in [1.82, 2.24) is 0 Å². The predicted octanol–water partition coefficient (Wildman–Crippen LogP) is 4.76. The van der Waals surface area contributed by atoms with Crippen LogP contribution in [0.4, 0.5) is 0 Å². The van der Waals surface area contributed by atoms with Crippen LogP contribution in [0.3, 0.4) is 0 Å². The van der Waals surface area contributed by atoms with E-state index in [1.54, 1.807) is 6.92 Å². The molecule has 0 spiro atoms. The maximum Gasteiger partial charge on any atom is 0.190 e. The zero-order chi connectivity index (χ0) is 14.5. The summed E-state index contributed by atoms with van der Waals surface area (Å²) in [5, 5.41) is 20.8. The molecule has 1 aromatic carbocycles. The summed E-state index contributed by atoms with van der Waals surface area (Å²) in [6.07, 6.45) is 1.89. The van der Waals surface area contributed by atoms with Crippen LogP contribution in [-0.2, 0) is 0 Å². The standard InChI is InChI=1S/C15H13BrN2S/c1-11(8-19-3)15(9-17,10-18)12(2)13-4-6-14(16)7-5-13/h4-8H,2H2,1,3H3. The second kappa shape index (κ2) is 6.61. The van der Waals surface area contributed by atoms with Crippen LogP contribution in [0, 0.1) is 28.1 Å². The van der Waals surface area contributed by atoms with Gasteiger partial charge in [-0.15, -0.1) is 11.8 Å². The summed E-state index contributed by atoms with van der Waals surface area (Å²) in [6, 6.07) is 11.7. The van der Waals surface area contributed by atoms with Gasteiger partial charge in [0.25, 0.3) is 0 Å². The average molecular weight is 333 g/mol. The fraction of sp³-hybridized carbons (Fsp3) is 0.200. The summed E-state index contributed by atoms with van der Waals surface area (Å²) in [5.74, 6) is 0. The van der Waals surface area contributed by atoms with Crippen LogP contribution < -0.4 is 0 Å². The molecule has 1 rings (SSSR count). The van der Waals surface area contributed by atoms with E-state index in [1.165, 1.54) is 11.8 Å². The van der Waals surface area contributed by atoms with Gasteiger partial charge in [-0.2, -0.15) is 10.5 Å². The predicted molar refractivity (Wildman–Crippen MR) is 84.1 cm³/mol. The fourth-order valence-electron chi connectivity index (χ4n) is 1.71. The molecular formula is C15H13BrN2S. The lowest BCUT2D eigenvalue weighted by molar-refractivity contribution is 0.817. The molecule has 19 heavy (non-hydrogen) atoms. The Morgan fingerprint density at radius 2 is 1.84 bits per heavy atom. The molecule has 0 saturated heterocycles. The number of nitriles is 2. The normalized spacial score (nSPS) is 11.5. The number of hydrogen-bond acceptors (Lipinski definition) is 3. The van der Waals surface area contributed by atoms with Crippen LogP contribution in [-0.4, -0.2) is 6.26 Å². The smallest absolute Gasteiger partial charge is 0.190 e. The highest BCUT2D eigenvalue weighted by Crippen LogP contribution is 2.40. The van der Waals surface area contributed by atoms with Crippen LogP contribution >= 0.6 is 27.7 Å². The third-order valence-electron chi connectivity index (χ3n) is 2.87. The Balaban J connectivity index is 3.33. The van der Waals surface area contributed by atoms with E-state index in [0.29, 0.717) is 11.1 Å². The first-order valence-corrected chi connectivity index (χ1v) is 7.57. The Morgan fingerprint density at radius 3 is 2.26 bits per heavy atom. The third kappa shape index (κ3) is 3.10. The topological polar surface area (TPSA) is 47.6 Å². The monoisotopic (exact) mass is 332 g/mol. The second-order valence-corrected chi connectivity index (χ2v) is 5.62. The molecule has 0 aliphatic rings. The third-order valence-corrected chi connectivity index (χ3v) is 3.98. The van der Waals surface area contributed by atoms with Gasteiger partial charge in [-0.3, -0.25) is 0 Å². The first kappa shape index (κ1) is 15.6. The molecular weight excluding hydrogens is 320 g/mol. The average Bonchev–Trinajstić information content (AvgIpc) is 2.41. The van der Waals surface area contributed by atoms with Crippen molar-refractivity contribution in [2.24, 2.45) is 5.41 Å². The Labute approximate surface area is 126 Å². The molecule has 0 aromatic heterocycles. The van der Waals surface area contributed by atoms with Crippen molar-refractivity contribution in [1.29, 1.82) is 10.5 Å². The summed E-state index contributed by atoms with van der Waals surface area (Å²) in [5.41, 5.74) is 0.683. The SMILES string of the molecule is C=C(c1ccc(Br)cc1)C(C#N)(C#N)C(C)=CSC. The number of thioether (sulfide) groups is 1. The highest BCUT2D eigenvalue weighted by atomic mass is 79.9. The minimum atomic E-state index is -1.31. The Hall–Kier alpha value is -1.49. The molecule has 4 heteroatoms. The van der Waals surface area contributed by atoms with E-state index in [0.717, 1.165) is 10.0 Å². The zero-order valence-electron chi connectivity index (χ0n) is 10.8. The molecule has 2 nitrogen and oxygen atoms in total. The fourth-order valence-corrected chi connectivity index (χ4v) is 2.50. The molecule has 0 N–H and O–H groups in total. The van der Waals surface area contributed by atoms with Gasteiger partial charge in [-0.05, 0) is 47.4 Å². The lowest BCUT2D eigenvalue weighted by Gasteiger charge is -2.22. The van der Waals surface area contributed by atoms with Crippen molar-refractivity contribution < 1.29 is 0 Å². The van der Waals surface area contributed by atoms with Gasteiger partial charge in [0.05, 0.1) is 12.1 Å². The van der Waals surface area contributed by atoms with E-state index < -0.39 is 5.41 Å². The van der Waals surface area contributed by atoms with Gasteiger partial charge in [0.2, 0.25) is 0 Å². The van der Waals surface area contributed by atoms with Gasteiger partial charge >= 0.3 is 0 Å². The maximum atomic E-state index is 9.47. The minimum absolute atomic E-state index is 0.507. The maximum absolute atomic E-state index is 9.47. The molecule has 0 amide bonds. The lowest BCUT2D eigenvalue weighted by atomic mass is 9.75. The van der Waals surface area contributed by atoms with Gasteiger partial charge in [-0.25, -0.2) is 0 Å². The van der Waals surface area contributed by atoms with E-state index in [1.807, 2.05) is 35.9 Å². The molecule has 0 heterocycles. The van der Waals surface area contributed by atoms with E-state index in [9.17, 15) is 10.5 Å². The quantitative estimate of drug-likeness (QED) is 0.798. The van der Waals surface area contributed by atoms with E-state index >= 15 is 0 Å². The number of rotatable bonds is 4. The lowest BCUT2D eigenvalue weighted by Crippen LogP contribution is -2.19. The van der Waals surface area contributed by atoms with E-state index in [4.69, 9.17) is 0 Å². The molecule has 0 bridgehead atoms. The summed E-state index contributed by atoms with van der Waals surface area (Å²) in [6.45, 7) is 5.75. The molecule has 0 aliphatic carbocycles. The zero-order valence-corrected chi connectivity index (χ0v) is 13.2. The van der Waals surface area contributed by atoms with Crippen molar-refractivity contribution in [3.63, 3.8) is 0 Å². The number of benzene rings is 1. The highest BCUT2D eigenvalue weighted by molar-refractivity contribution is 9.10. The van der Waals surface area contributed by atoms with Crippen LogP contribution in [0.5, 0.6) is 0 Å². The Bertz CT molecular complexity index is 574. The van der Waals surface area contributed by atoms with Crippen molar-refractivity contribution in [2.75, 3.05) is 6.26 Å². The van der Waals surface area contributed by atoms with Crippen molar-refractivity contribution >= 4 is 33.3 Å². The summed E-state index contributed by atoms with van der Waals surface area (Å²) >= 11 is 4.83. The van der Waals surface area contributed by atoms with Crippen molar-refractivity contribution in [3.05, 3.63) is 51.9 Å². The van der Waals surface area contributed by atoms with Crippen LogP contribution in [0.1, 0.15) is 12.5 Å². The first-order valence-electron chi connectivity index (χ1n) is 5.49. The van der Waals surface area contributed by atoms with E-state index in [-0.39, 0.29) is 0 Å². The number of nitrogens with zero attached hydrogens (tertiary/aromatic N) is 2. The minimum Gasteiger partial charge on any atom is -0.196 e. The van der Waals surface area contributed by atoms with Gasteiger partial charge in [-0.1, -0.05) is 34.6 Å². The van der Waals surface area contributed by atoms with Gasteiger partial charge in [0.1, 0.15) is 0 Å². The first-order chi connectivity index (χ1) is 9.01. The summed E-state index contributed by atoms with van der Waals surface area (Å²) in [7, 11) is 0. The van der Waals surface area contributed by atoms with Crippen LogP contribution in [0.2, 0.25) is 0 Å². The van der Waals surface area contributed by atoms with Gasteiger partial charge < -0.3 is 0 Å². The van der Waals surface area contributed by atoms with Gasteiger partial charge in [0, 0.05) is 4.47 Å². The van der Waals surface area contributed by atoms with Crippen molar-refractivity contribution in [3.8, 4) is 12.1 Å². The second-order valence-electron chi connectivity index (χ2n) is 4.00. The van der Waals surface area contributed by atoms with Gasteiger partial charge in [0.15, 0.2) is 5.41 Å². The molecule has 0 radical (unpaired) electrons. The van der Waals surface area contributed by atoms with Crippen LogP contribution in [0.15, 0.2) is 46.3 Å². The molecule has 1 aromatic rings. The summed E-state index contributed by atoms with van der Waals surface area (Å²) in [4.78, 5) is 0. The van der Waals surface area contributed by atoms with Crippen molar-refractivity contribution in [2.45, 2.75) is 6.92 Å². The molecule has 0 saturated carbocycles. The molecule has 0 aliphatic heterocycles. The Morgan fingerprint density at radius 1 is 1.32 bits per heavy atom. The Kier molecular flexibility index (Phi) is 5.42. The molecule has 0 unspecified atom stereocenters. The van der Waals surface area contributed by atoms with E-state index in [2.05, 4.69) is 34.6 Å². The number of allylic oxidation sites excluding steroid dienone is 2. The number of halogens is 1. The number of hydrogen-bond donors (Lipinski definition) is 0. The largest absolute Gasteiger partial charge is 0.196 e.